The van der Waals surface area contributed by atoms with Crippen LogP contribution in [0.15, 0.2) is 6.07 Å². The van der Waals surface area contributed by atoms with Crippen molar-refractivity contribution in [2.24, 2.45) is 0 Å². The molecule has 6 heteroatoms. The molecule has 1 fully saturated rings. The molecule has 1 amide bonds. The number of piperidine rings is 1. The molecule has 2 rings (SSSR count). The van der Waals surface area contributed by atoms with Gasteiger partial charge in [-0.2, -0.15) is 10.2 Å². The summed E-state index contributed by atoms with van der Waals surface area (Å²) in [6.45, 7) is 6.70. The maximum Gasteiger partial charge on any atom is 0.253 e. The number of carbonyl (C=O) groups excluding carboxylic acids is 1. The fraction of sp³-hybridized carbons (Fsp3) is 0.643. The number of ether oxygens (including phenoxy) is 1. The molecule has 0 atom stereocenters. The van der Waals surface area contributed by atoms with Gasteiger partial charge in [-0.1, -0.05) is 0 Å². The van der Waals surface area contributed by atoms with Gasteiger partial charge < -0.3 is 15.4 Å². The summed E-state index contributed by atoms with van der Waals surface area (Å²) < 4.78 is 5.74. The minimum atomic E-state index is -0.116. The predicted molar refractivity (Wildman–Crippen MR) is 75.7 cm³/mol. The summed E-state index contributed by atoms with van der Waals surface area (Å²) in [5.74, 6) is -0.116. The van der Waals surface area contributed by atoms with Crippen molar-refractivity contribution >= 4 is 5.91 Å². The maximum absolute atomic E-state index is 12.0. The van der Waals surface area contributed by atoms with Gasteiger partial charge in [0.2, 0.25) is 0 Å². The summed E-state index contributed by atoms with van der Waals surface area (Å²) in [6, 6.07) is 1.76. The Balaban J connectivity index is 1.73. The number of carbonyl (C=O) groups is 1. The molecule has 1 saturated heterocycles. The summed E-state index contributed by atoms with van der Waals surface area (Å²) in [5, 5.41) is 14.0. The summed E-state index contributed by atoms with van der Waals surface area (Å²) in [5.41, 5.74) is 1.97. The average Bonchev–Trinajstić information content (AvgIpc) is 2.47. The van der Waals surface area contributed by atoms with Crippen molar-refractivity contribution < 1.29 is 9.53 Å². The minimum Gasteiger partial charge on any atom is -0.376 e. The van der Waals surface area contributed by atoms with Crippen LogP contribution in [-0.4, -0.2) is 48.4 Å². The number of nitrogens with zero attached hydrogens (tertiary/aromatic N) is 2. The van der Waals surface area contributed by atoms with Crippen LogP contribution >= 0.6 is 0 Å². The lowest BCUT2D eigenvalue weighted by molar-refractivity contribution is 0.0343. The van der Waals surface area contributed by atoms with Crippen LogP contribution in [0.2, 0.25) is 0 Å². The first-order chi connectivity index (χ1) is 9.66. The molecule has 6 nitrogen and oxygen atoms in total. The van der Waals surface area contributed by atoms with Crippen molar-refractivity contribution in [3.8, 4) is 0 Å². The third-order valence-electron chi connectivity index (χ3n) is 3.37. The largest absolute Gasteiger partial charge is 0.376 e. The van der Waals surface area contributed by atoms with E-state index >= 15 is 0 Å². The average molecular weight is 278 g/mol. The molecule has 1 aromatic rings. The van der Waals surface area contributed by atoms with Crippen molar-refractivity contribution in [1.29, 1.82) is 0 Å². The number of hydrogen-bond donors (Lipinski definition) is 2. The van der Waals surface area contributed by atoms with Crippen LogP contribution in [0, 0.1) is 13.8 Å². The molecule has 2 heterocycles. The molecule has 0 unspecified atom stereocenters. The summed E-state index contributed by atoms with van der Waals surface area (Å²) >= 11 is 0. The van der Waals surface area contributed by atoms with Gasteiger partial charge in [0, 0.05) is 6.54 Å². The molecule has 110 valence electrons. The first-order valence-electron chi connectivity index (χ1n) is 7.08. The number of aromatic nitrogens is 2. The summed E-state index contributed by atoms with van der Waals surface area (Å²) in [4.78, 5) is 12.0. The van der Waals surface area contributed by atoms with Crippen molar-refractivity contribution in [2.75, 3.05) is 26.2 Å². The molecule has 0 bridgehead atoms. The van der Waals surface area contributed by atoms with Crippen LogP contribution in [0.1, 0.15) is 34.6 Å². The fourth-order valence-electron chi connectivity index (χ4n) is 2.23. The van der Waals surface area contributed by atoms with E-state index in [2.05, 4.69) is 20.8 Å². The SMILES string of the molecule is Cc1cc(C(=O)NCCOC2CCNCC2)c(C)nn1. The molecule has 0 aliphatic carbocycles. The molecule has 0 spiro atoms. The number of rotatable bonds is 5. The lowest BCUT2D eigenvalue weighted by Gasteiger charge is -2.22. The van der Waals surface area contributed by atoms with Gasteiger partial charge >= 0.3 is 0 Å². The zero-order valence-corrected chi connectivity index (χ0v) is 12.1. The highest BCUT2D eigenvalue weighted by Crippen LogP contribution is 2.07. The van der Waals surface area contributed by atoms with E-state index in [0.717, 1.165) is 31.6 Å². The van der Waals surface area contributed by atoms with Crippen LogP contribution in [0.25, 0.3) is 0 Å². The number of aryl methyl sites for hydroxylation is 2. The van der Waals surface area contributed by atoms with E-state index in [0.29, 0.717) is 30.5 Å². The Bertz CT molecular complexity index is 458. The van der Waals surface area contributed by atoms with E-state index in [9.17, 15) is 4.79 Å². The molecular weight excluding hydrogens is 256 g/mol. The first kappa shape index (κ1) is 14.9. The third-order valence-corrected chi connectivity index (χ3v) is 3.37. The van der Waals surface area contributed by atoms with Gasteiger partial charge in [0.15, 0.2) is 0 Å². The molecule has 0 aromatic carbocycles. The Labute approximate surface area is 119 Å². The van der Waals surface area contributed by atoms with Gasteiger partial charge in [-0.05, 0) is 45.8 Å². The molecule has 0 radical (unpaired) electrons. The van der Waals surface area contributed by atoms with Gasteiger partial charge in [0.05, 0.1) is 29.7 Å². The smallest absolute Gasteiger partial charge is 0.253 e. The van der Waals surface area contributed by atoms with E-state index in [1.807, 2.05) is 6.92 Å². The Kier molecular flexibility index (Phi) is 5.43. The van der Waals surface area contributed by atoms with Crippen molar-refractivity contribution in [2.45, 2.75) is 32.8 Å². The molecule has 1 aromatic heterocycles. The van der Waals surface area contributed by atoms with Crippen molar-refractivity contribution in [3.63, 3.8) is 0 Å². The molecule has 1 aliphatic heterocycles. The van der Waals surface area contributed by atoms with Gasteiger partial charge in [-0.15, -0.1) is 0 Å². The second kappa shape index (κ2) is 7.31. The number of hydrogen-bond acceptors (Lipinski definition) is 5. The first-order valence-corrected chi connectivity index (χ1v) is 7.08. The van der Waals surface area contributed by atoms with Gasteiger partial charge in [-0.25, -0.2) is 0 Å². The standard InChI is InChI=1S/C14H22N4O2/c1-10-9-13(11(2)18-17-10)14(19)16-7-8-20-12-3-5-15-6-4-12/h9,12,15H,3-8H2,1-2H3,(H,16,19). The van der Waals surface area contributed by atoms with Crippen molar-refractivity contribution in [3.05, 3.63) is 23.0 Å². The van der Waals surface area contributed by atoms with Crippen LogP contribution in [0.5, 0.6) is 0 Å². The van der Waals surface area contributed by atoms with Crippen LogP contribution < -0.4 is 10.6 Å². The number of amides is 1. The zero-order valence-electron chi connectivity index (χ0n) is 12.1. The predicted octanol–water partition coefficient (Wildman–Crippen LogP) is 0.592. The Morgan fingerprint density at radius 3 is 2.90 bits per heavy atom. The lowest BCUT2D eigenvalue weighted by atomic mass is 10.1. The molecular formula is C14H22N4O2. The molecule has 20 heavy (non-hydrogen) atoms. The van der Waals surface area contributed by atoms with E-state index in [-0.39, 0.29) is 5.91 Å². The van der Waals surface area contributed by atoms with E-state index in [1.54, 1.807) is 13.0 Å². The Morgan fingerprint density at radius 1 is 1.40 bits per heavy atom. The van der Waals surface area contributed by atoms with E-state index < -0.39 is 0 Å². The Hall–Kier alpha value is -1.53. The van der Waals surface area contributed by atoms with Crippen LogP contribution in [0.4, 0.5) is 0 Å². The van der Waals surface area contributed by atoms with E-state index in [4.69, 9.17) is 4.74 Å². The van der Waals surface area contributed by atoms with Gasteiger partial charge in [-0.3, -0.25) is 4.79 Å². The van der Waals surface area contributed by atoms with Crippen molar-refractivity contribution in [1.82, 2.24) is 20.8 Å². The normalized spacial score (nSPS) is 16.1. The third kappa shape index (κ3) is 4.25. The molecule has 2 N–H and O–H groups in total. The minimum absolute atomic E-state index is 0.116. The topological polar surface area (TPSA) is 76.1 Å². The second-order valence-electron chi connectivity index (χ2n) is 5.06. The second-order valence-corrected chi connectivity index (χ2v) is 5.06. The number of nitrogens with one attached hydrogen (secondary N) is 2. The molecule has 0 saturated carbocycles. The zero-order chi connectivity index (χ0) is 14.4. The molecule has 1 aliphatic rings. The lowest BCUT2D eigenvalue weighted by Crippen LogP contribution is -2.35. The van der Waals surface area contributed by atoms with Crippen LogP contribution in [-0.2, 0) is 4.74 Å². The van der Waals surface area contributed by atoms with E-state index in [1.165, 1.54) is 0 Å². The highest BCUT2D eigenvalue weighted by atomic mass is 16.5. The quantitative estimate of drug-likeness (QED) is 0.771. The fourth-order valence-corrected chi connectivity index (χ4v) is 2.23. The van der Waals surface area contributed by atoms with Gasteiger partial charge in [0.1, 0.15) is 0 Å². The Morgan fingerprint density at radius 2 is 2.15 bits per heavy atom. The highest BCUT2D eigenvalue weighted by Gasteiger charge is 2.14. The highest BCUT2D eigenvalue weighted by molar-refractivity contribution is 5.95. The summed E-state index contributed by atoms with van der Waals surface area (Å²) in [7, 11) is 0. The van der Waals surface area contributed by atoms with Crippen LogP contribution in [0.3, 0.4) is 0 Å². The van der Waals surface area contributed by atoms with Gasteiger partial charge in [0.25, 0.3) is 5.91 Å². The summed E-state index contributed by atoms with van der Waals surface area (Å²) in [6.07, 6.45) is 2.40. The monoisotopic (exact) mass is 278 g/mol. The maximum atomic E-state index is 12.0.